The van der Waals surface area contributed by atoms with Gasteiger partial charge >= 0.3 is 0 Å². The number of nitrogens with one attached hydrogen (secondary N) is 1. The lowest BCUT2D eigenvalue weighted by Crippen LogP contribution is -2.66. The van der Waals surface area contributed by atoms with Crippen LogP contribution in [0.4, 0.5) is 0 Å². The molecule has 5 nitrogen and oxygen atoms in total. The maximum Gasteiger partial charge on any atom is 0.246 e. The Morgan fingerprint density at radius 2 is 2.05 bits per heavy atom. The molecule has 21 heavy (non-hydrogen) atoms. The Morgan fingerprint density at radius 1 is 1.38 bits per heavy atom. The quantitative estimate of drug-likeness (QED) is 0.931. The van der Waals surface area contributed by atoms with Gasteiger partial charge in [-0.3, -0.25) is 9.59 Å². The second-order valence-electron chi connectivity index (χ2n) is 6.67. The van der Waals surface area contributed by atoms with Crippen LogP contribution in [0.2, 0.25) is 0 Å². The van der Waals surface area contributed by atoms with Crippen LogP contribution < -0.4 is 5.32 Å². The van der Waals surface area contributed by atoms with Gasteiger partial charge in [0.15, 0.2) is 0 Å². The molecule has 1 N–H and O–H groups in total. The molecule has 5 heteroatoms. The summed E-state index contributed by atoms with van der Waals surface area (Å²) in [6, 6.07) is 2.42. The summed E-state index contributed by atoms with van der Waals surface area (Å²) in [4.78, 5) is 26.9. The van der Waals surface area contributed by atoms with Gasteiger partial charge in [-0.15, -0.1) is 0 Å². The number of furan rings is 1. The number of rotatable bonds is 3. The molecule has 1 aliphatic heterocycles. The largest absolute Gasteiger partial charge is 0.467 e. The van der Waals surface area contributed by atoms with Gasteiger partial charge in [-0.05, 0) is 30.9 Å². The van der Waals surface area contributed by atoms with Crippen molar-refractivity contribution >= 4 is 11.8 Å². The third kappa shape index (κ3) is 2.82. The minimum Gasteiger partial charge on any atom is -0.467 e. The number of piperazine rings is 1. The van der Waals surface area contributed by atoms with Crippen LogP contribution in [0.1, 0.15) is 52.8 Å². The van der Waals surface area contributed by atoms with Crippen LogP contribution in [0.3, 0.4) is 0 Å². The molecule has 0 aromatic carbocycles. The van der Waals surface area contributed by atoms with Gasteiger partial charge in [0.1, 0.15) is 17.8 Å². The number of nitrogens with zero attached hydrogens (tertiary/aromatic N) is 1. The summed E-state index contributed by atoms with van der Waals surface area (Å²) in [5, 5.41) is 2.88. The first kappa shape index (κ1) is 15.6. The summed E-state index contributed by atoms with van der Waals surface area (Å²) in [7, 11) is 0. The van der Waals surface area contributed by atoms with Crippen LogP contribution in [0.5, 0.6) is 0 Å². The molecule has 1 saturated heterocycles. The maximum absolute atomic E-state index is 12.9. The molecule has 1 fully saturated rings. The molecule has 2 amide bonds. The van der Waals surface area contributed by atoms with Crippen LogP contribution in [-0.4, -0.2) is 28.8 Å². The summed E-state index contributed by atoms with van der Waals surface area (Å²) in [5.41, 5.74) is -0.327. The van der Waals surface area contributed by atoms with E-state index in [4.69, 9.17) is 4.42 Å². The highest BCUT2D eigenvalue weighted by molar-refractivity contribution is 5.97. The third-order valence-electron chi connectivity index (χ3n) is 4.05. The van der Waals surface area contributed by atoms with Gasteiger partial charge in [-0.25, -0.2) is 0 Å². The molecule has 3 atom stereocenters. The van der Waals surface area contributed by atoms with Gasteiger partial charge in [0.25, 0.3) is 0 Å². The summed E-state index contributed by atoms with van der Waals surface area (Å²) < 4.78 is 5.42. The number of carbonyl (C=O) groups is 2. The molecule has 2 rings (SSSR count). The van der Waals surface area contributed by atoms with Gasteiger partial charge in [0, 0.05) is 0 Å². The highest BCUT2D eigenvalue weighted by Gasteiger charge is 2.46. The van der Waals surface area contributed by atoms with Crippen LogP contribution in [0, 0.1) is 5.41 Å². The molecule has 0 radical (unpaired) electrons. The SMILES string of the molecule is CCC1C(=O)NC(C(C)(C)C)C(=O)N1C(C)c1ccco1. The average Bonchev–Trinajstić information content (AvgIpc) is 2.92. The molecule has 116 valence electrons. The zero-order chi connectivity index (χ0) is 15.8. The topological polar surface area (TPSA) is 62.6 Å². The molecule has 2 heterocycles. The van der Waals surface area contributed by atoms with E-state index in [1.165, 1.54) is 0 Å². The lowest BCUT2D eigenvalue weighted by molar-refractivity contribution is -0.155. The summed E-state index contributed by atoms with van der Waals surface area (Å²) in [6.45, 7) is 9.68. The van der Waals surface area contributed by atoms with E-state index in [0.29, 0.717) is 12.2 Å². The average molecular weight is 292 g/mol. The van der Waals surface area contributed by atoms with Crippen molar-refractivity contribution in [2.75, 3.05) is 0 Å². The monoisotopic (exact) mass is 292 g/mol. The van der Waals surface area contributed by atoms with Crippen LogP contribution in [0.25, 0.3) is 0 Å². The van der Waals surface area contributed by atoms with Crippen molar-refractivity contribution in [3.8, 4) is 0 Å². The Balaban J connectivity index is 2.38. The predicted molar refractivity (Wildman–Crippen MR) is 79.4 cm³/mol. The Hall–Kier alpha value is -1.78. The standard InChI is InChI=1S/C16H24N2O3/c1-6-11-14(19)17-13(16(3,4)5)15(20)18(11)10(2)12-8-7-9-21-12/h7-11,13H,6H2,1-5H3,(H,17,19). The highest BCUT2D eigenvalue weighted by Crippen LogP contribution is 2.32. The van der Waals surface area contributed by atoms with Gasteiger partial charge in [-0.1, -0.05) is 27.7 Å². The first-order valence-corrected chi connectivity index (χ1v) is 7.43. The van der Waals surface area contributed by atoms with E-state index in [-0.39, 0.29) is 23.3 Å². The zero-order valence-electron chi connectivity index (χ0n) is 13.3. The maximum atomic E-state index is 12.9. The van der Waals surface area contributed by atoms with E-state index < -0.39 is 12.1 Å². The molecular formula is C16H24N2O3. The van der Waals surface area contributed by atoms with Crippen LogP contribution in [0.15, 0.2) is 22.8 Å². The number of amides is 2. The van der Waals surface area contributed by atoms with E-state index in [0.717, 1.165) is 0 Å². The number of carbonyl (C=O) groups excluding carboxylic acids is 2. The predicted octanol–water partition coefficient (Wildman–Crippen LogP) is 2.49. The number of hydrogen-bond acceptors (Lipinski definition) is 3. The molecule has 0 saturated carbocycles. The fraction of sp³-hybridized carbons (Fsp3) is 0.625. The molecule has 1 aromatic rings. The van der Waals surface area contributed by atoms with Crippen molar-refractivity contribution in [2.45, 2.75) is 59.2 Å². The normalized spacial score (nSPS) is 24.9. The Morgan fingerprint density at radius 3 is 2.52 bits per heavy atom. The fourth-order valence-corrected chi connectivity index (χ4v) is 2.83. The molecule has 0 bridgehead atoms. The minimum atomic E-state index is -0.509. The van der Waals surface area contributed by atoms with Gasteiger partial charge in [0.05, 0.1) is 12.3 Å². The summed E-state index contributed by atoms with van der Waals surface area (Å²) in [5.74, 6) is 0.567. The van der Waals surface area contributed by atoms with E-state index in [1.807, 2.05) is 40.7 Å². The molecule has 1 aliphatic rings. The first-order valence-electron chi connectivity index (χ1n) is 7.43. The van der Waals surface area contributed by atoms with Crippen molar-refractivity contribution < 1.29 is 14.0 Å². The van der Waals surface area contributed by atoms with E-state index >= 15 is 0 Å². The third-order valence-corrected chi connectivity index (χ3v) is 4.05. The Kier molecular flexibility index (Phi) is 4.12. The smallest absolute Gasteiger partial charge is 0.246 e. The van der Waals surface area contributed by atoms with Crippen molar-refractivity contribution in [3.63, 3.8) is 0 Å². The zero-order valence-corrected chi connectivity index (χ0v) is 13.3. The van der Waals surface area contributed by atoms with Crippen molar-refractivity contribution in [1.82, 2.24) is 10.2 Å². The fourth-order valence-electron chi connectivity index (χ4n) is 2.83. The van der Waals surface area contributed by atoms with Crippen molar-refractivity contribution in [1.29, 1.82) is 0 Å². The van der Waals surface area contributed by atoms with E-state index in [2.05, 4.69) is 5.32 Å². The lowest BCUT2D eigenvalue weighted by Gasteiger charge is -2.45. The summed E-state index contributed by atoms with van der Waals surface area (Å²) in [6.07, 6.45) is 2.17. The van der Waals surface area contributed by atoms with Crippen molar-refractivity contribution in [3.05, 3.63) is 24.2 Å². The molecule has 0 spiro atoms. The Bertz CT molecular complexity index is 516. The first-order chi connectivity index (χ1) is 9.77. The second kappa shape index (κ2) is 5.54. The molecular weight excluding hydrogens is 268 g/mol. The van der Waals surface area contributed by atoms with Crippen LogP contribution in [-0.2, 0) is 9.59 Å². The lowest BCUT2D eigenvalue weighted by atomic mass is 9.83. The molecule has 0 aliphatic carbocycles. The second-order valence-corrected chi connectivity index (χ2v) is 6.67. The van der Waals surface area contributed by atoms with Gasteiger partial charge in [-0.2, -0.15) is 0 Å². The van der Waals surface area contributed by atoms with Crippen LogP contribution >= 0.6 is 0 Å². The van der Waals surface area contributed by atoms with E-state index in [9.17, 15) is 9.59 Å². The number of hydrogen-bond donors (Lipinski definition) is 1. The minimum absolute atomic E-state index is 0.0437. The Labute approximate surface area is 125 Å². The highest BCUT2D eigenvalue weighted by atomic mass is 16.3. The van der Waals surface area contributed by atoms with Crippen molar-refractivity contribution in [2.24, 2.45) is 5.41 Å². The molecule has 3 unspecified atom stereocenters. The summed E-state index contributed by atoms with van der Waals surface area (Å²) >= 11 is 0. The van der Waals surface area contributed by atoms with Gasteiger partial charge in [0.2, 0.25) is 11.8 Å². The van der Waals surface area contributed by atoms with Gasteiger partial charge < -0.3 is 14.6 Å². The van der Waals surface area contributed by atoms with E-state index in [1.54, 1.807) is 17.2 Å². The molecule has 1 aromatic heterocycles.